The van der Waals surface area contributed by atoms with Crippen molar-refractivity contribution in [2.45, 2.75) is 37.0 Å². The lowest BCUT2D eigenvalue weighted by Crippen LogP contribution is -2.56. The monoisotopic (exact) mass is 232 g/mol. The highest BCUT2D eigenvalue weighted by Crippen LogP contribution is 2.31. The second-order valence-corrected chi connectivity index (χ2v) is 6.92. The van der Waals surface area contributed by atoms with Crippen LogP contribution in [-0.4, -0.2) is 50.0 Å². The van der Waals surface area contributed by atoms with E-state index in [2.05, 4.69) is 4.90 Å². The maximum Gasteiger partial charge on any atom is 0.155 e. The van der Waals surface area contributed by atoms with Crippen molar-refractivity contribution in [3.63, 3.8) is 0 Å². The van der Waals surface area contributed by atoms with Gasteiger partial charge in [-0.2, -0.15) is 0 Å². The third-order valence-electron chi connectivity index (χ3n) is 3.68. The Balaban J connectivity index is 2.16. The van der Waals surface area contributed by atoms with E-state index in [9.17, 15) is 8.42 Å². The van der Waals surface area contributed by atoms with Gasteiger partial charge in [0.05, 0.1) is 11.0 Å². The summed E-state index contributed by atoms with van der Waals surface area (Å²) >= 11 is 0. The van der Waals surface area contributed by atoms with Crippen LogP contribution >= 0.6 is 0 Å². The minimum absolute atomic E-state index is 0.105. The van der Waals surface area contributed by atoms with E-state index in [1.54, 1.807) is 0 Å². The van der Waals surface area contributed by atoms with Gasteiger partial charge in [0.1, 0.15) is 0 Å². The van der Waals surface area contributed by atoms with E-state index in [1.807, 2.05) is 0 Å². The lowest BCUT2D eigenvalue weighted by atomic mass is 9.93. The van der Waals surface area contributed by atoms with Gasteiger partial charge in [-0.15, -0.1) is 0 Å². The van der Waals surface area contributed by atoms with E-state index in [0.29, 0.717) is 18.8 Å². The van der Waals surface area contributed by atoms with Crippen molar-refractivity contribution >= 4 is 9.84 Å². The van der Waals surface area contributed by atoms with Crippen molar-refractivity contribution < 1.29 is 8.42 Å². The standard InChI is InChI=1S/C10H20N2O2S/c11-5-6-12-7-8-15(13,14)10-4-2-1-3-9(10)12/h9-10H,1-8,11H2. The molecule has 1 saturated carbocycles. The molecule has 2 N–H and O–H groups in total. The number of nitrogens with two attached hydrogens (primary N) is 1. The summed E-state index contributed by atoms with van der Waals surface area (Å²) in [6, 6.07) is 0.251. The molecule has 88 valence electrons. The fourth-order valence-corrected chi connectivity index (χ4v) is 5.02. The molecule has 0 aromatic carbocycles. The molecule has 1 heterocycles. The largest absolute Gasteiger partial charge is 0.329 e. The molecule has 0 radical (unpaired) electrons. The van der Waals surface area contributed by atoms with Crippen molar-refractivity contribution in [3.8, 4) is 0 Å². The lowest BCUT2D eigenvalue weighted by Gasteiger charge is -2.43. The predicted molar refractivity (Wildman–Crippen MR) is 60.5 cm³/mol. The Morgan fingerprint density at radius 3 is 2.73 bits per heavy atom. The van der Waals surface area contributed by atoms with Crippen LogP contribution in [0.5, 0.6) is 0 Å². The molecule has 0 spiro atoms. The molecule has 2 fully saturated rings. The number of fused-ring (bicyclic) bond motifs is 1. The maximum atomic E-state index is 11.9. The van der Waals surface area contributed by atoms with E-state index in [1.165, 1.54) is 0 Å². The number of sulfone groups is 1. The van der Waals surface area contributed by atoms with Crippen molar-refractivity contribution in [1.29, 1.82) is 0 Å². The molecule has 2 atom stereocenters. The first kappa shape index (κ1) is 11.4. The van der Waals surface area contributed by atoms with Crippen molar-refractivity contribution in [3.05, 3.63) is 0 Å². The maximum absolute atomic E-state index is 11.9. The van der Waals surface area contributed by atoms with Gasteiger partial charge < -0.3 is 5.73 Å². The molecule has 2 rings (SSSR count). The Morgan fingerprint density at radius 2 is 2.00 bits per heavy atom. The average molecular weight is 232 g/mol. The Morgan fingerprint density at radius 1 is 1.27 bits per heavy atom. The summed E-state index contributed by atoms with van der Waals surface area (Å²) in [5.41, 5.74) is 5.56. The predicted octanol–water partition coefficient (Wildman–Crippen LogP) is -0.0133. The van der Waals surface area contributed by atoms with E-state index < -0.39 is 9.84 Å². The molecule has 1 aliphatic carbocycles. The summed E-state index contributed by atoms with van der Waals surface area (Å²) in [4.78, 5) is 2.28. The molecule has 15 heavy (non-hydrogen) atoms. The highest BCUT2D eigenvalue weighted by Gasteiger charge is 2.41. The van der Waals surface area contributed by atoms with Crippen LogP contribution in [0.2, 0.25) is 0 Å². The smallest absolute Gasteiger partial charge is 0.155 e. The molecule has 1 aliphatic heterocycles. The first-order chi connectivity index (χ1) is 7.15. The fourth-order valence-electron chi connectivity index (χ4n) is 2.92. The Hall–Kier alpha value is -0.130. The summed E-state index contributed by atoms with van der Waals surface area (Å²) in [7, 11) is -2.82. The first-order valence-electron chi connectivity index (χ1n) is 5.81. The minimum Gasteiger partial charge on any atom is -0.329 e. The highest BCUT2D eigenvalue weighted by molar-refractivity contribution is 7.92. The van der Waals surface area contributed by atoms with Gasteiger partial charge in [0.2, 0.25) is 0 Å². The van der Waals surface area contributed by atoms with Crippen molar-refractivity contribution in [1.82, 2.24) is 4.90 Å². The summed E-state index contributed by atoms with van der Waals surface area (Å²) in [5, 5.41) is -0.105. The topological polar surface area (TPSA) is 63.4 Å². The van der Waals surface area contributed by atoms with Gasteiger partial charge in [0.25, 0.3) is 0 Å². The number of rotatable bonds is 2. The van der Waals surface area contributed by atoms with Gasteiger partial charge in [0.15, 0.2) is 9.84 Å². The van der Waals surface area contributed by atoms with Gasteiger partial charge in [-0.05, 0) is 12.8 Å². The number of hydrogen-bond donors (Lipinski definition) is 1. The average Bonchev–Trinajstić information content (AvgIpc) is 2.23. The van der Waals surface area contributed by atoms with Crippen LogP contribution in [-0.2, 0) is 9.84 Å². The Labute approximate surface area is 91.7 Å². The molecule has 4 nitrogen and oxygen atoms in total. The van der Waals surface area contributed by atoms with Gasteiger partial charge in [-0.1, -0.05) is 12.8 Å². The molecule has 2 unspecified atom stereocenters. The Kier molecular flexibility index (Phi) is 3.33. The van der Waals surface area contributed by atoms with Crippen LogP contribution in [0.15, 0.2) is 0 Å². The second kappa shape index (κ2) is 4.39. The van der Waals surface area contributed by atoms with E-state index >= 15 is 0 Å². The van der Waals surface area contributed by atoms with Crippen LogP contribution in [0, 0.1) is 0 Å². The lowest BCUT2D eigenvalue weighted by molar-refractivity contribution is 0.160. The molecule has 1 saturated heterocycles. The molecular weight excluding hydrogens is 212 g/mol. The second-order valence-electron chi connectivity index (χ2n) is 4.58. The van der Waals surface area contributed by atoms with Gasteiger partial charge in [-0.25, -0.2) is 8.42 Å². The SMILES string of the molecule is NCCN1CCS(=O)(=O)C2CCCCC21. The van der Waals surface area contributed by atoms with Crippen LogP contribution in [0.4, 0.5) is 0 Å². The summed E-state index contributed by atoms with van der Waals surface area (Å²) in [6.07, 6.45) is 4.12. The highest BCUT2D eigenvalue weighted by atomic mass is 32.2. The summed E-state index contributed by atoms with van der Waals surface area (Å²) in [6.45, 7) is 2.15. The van der Waals surface area contributed by atoms with Gasteiger partial charge in [-0.3, -0.25) is 4.90 Å². The van der Waals surface area contributed by atoms with E-state index in [-0.39, 0.29) is 11.3 Å². The fraction of sp³-hybridized carbons (Fsp3) is 1.00. The normalized spacial score (nSPS) is 36.1. The quantitative estimate of drug-likeness (QED) is 0.727. The first-order valence-corrected chi connectivity index (χ1v) is 7.52. The van der Waals surface area contributed by atoms with Gasteiger partial charge >= 0.3 is 0 Å². The summed E-state index contributed by atoms with van der Waals surface area (Å²) < 4.78 is 23.8. The van der Waals surface area contributed by atoms with Crippen LogP contribution in [0.1, 0.15) is 25.7 Å². The van der Waals surface area contributed by atoms with Crippen LogP contribution < -0.4 is 5.73 Å². The summed E-state index contributed by atoms with van der Waals surface area (Å²) in [5.74, 6) is 0.328. The Bertz CT molecular complexity index is 315. The zero-order valence-electron chi connectivity index (χ0n) is 9.06. The van der Waals surface area contributed by atoms with Crippen molar-refractivity contribution in [2.75, 3.05) is 25.4 Å². The van der Waals surface area contributed by atoms with Crippen LogP contribution in [0.3, 0.4) is 0 Å². The third-order valence-corrected chi connectivity index (χ3v) is 5.90. The molecule has 0 bridgehead atoms. The molecule has 0 amide bonds. The van der Waals surface area contributed by atoms with E-state index in [4.69, 9.17) is 5.73 Å². The molecule has 0 aromatic heterocycles. The zero-order chi connectivity index (χ0) is 10.9. The number of nitrogens with zero attached hydrogens (tertiary/aromatic N) is 1. The molecule has 2 aliphatic rings. The van der Waals surface area contributed by atoms with Crippen LogP contribution in [0.25, 0.3) is 0 Å². The zero-order valence-corrected chi connectivity index (χ0v) is 9.88. The number of hydrogen-bond acceptors (Lipinski definition) is 4. The minimum atomic E-state index is -2.82. The van der Waals surface area contributed by atoms with E-state index in [0.717, 1.165) is 32.2 Å². The van der Waals surface area contributed by atoms with Crippen molar-refractivity contribution in [2.24, 2.45) is 5.73 Å². The third kappa shape index (κ3) is 2.19. The van der Waals surface area contributed by atoms with Gasteiger partial charge in [0, 0.05) is 25.7 Å². The molecular formula is C10H20N2O2S. The molecule has 5 heteroatoms. The molecule has 0 aromatic rings.